The zero-order valence-electron chi connectivity index (χ0n) is 13.3. The van der Waals surface area contributed by atoms with Gasteiger partial charge in [0.25, 0.3) is 0 Å². The third-order valence-corrected chi connectivity index (χ3v) is 4.32. The van der Waals surface area contributed by atoms with E-state index in [-0.39, 0.29) is 24.1 Å². The van der Waals surface area contributed by atoms with Crippen LogP contribution in [0.2, 0.25) is 0 Å². The molecule has 2 aliphatic rings. The molecule has 0 spiro atoms. The van der Waals surface area contributed by atoms with E-state index in [0.29, 0.717) is 22.8 Å². The Balaban J connectivity index is 1.93. The Labute approximate surface area is 138 Å². The van der Waals surface area contributed by atoms with E-state index in [1.165, 1.54) is 0 Å². The second kappa shape index (κ2) is 5.30. The highest BCUT2D eigenvalue weighted by atomic mass is 16.5. The zero-order valence-corrected chi connectivity index (χ0v) is 13.3. The number of fused-ring (bicyclic) bond motifs is 3. The van der Waals surface area contributed by atoms with Gasteiger partial charge < -0.3 is 9.47 Å². The van der Waals surface area contributed by atoms with Crippen molar-refractivity contribution in [3.8, 4) is 11.5 Å². The Morgan fingerprint density at radius 1 is 1.08 bits per heavy atom. The fraction of sp³-hybridized carbons (Fsp3) is 0.211. The molecule has 0 bridgehead atoms. The highest BCUT2D eigenvalue weighted by Crippen LogP contribution is 2.48. The summed E-state index contributed by atoms with van der Waals surface area (Å²) >= 11 is 0. The summed E-state index contributed by atoms with van der Waals surface area (Å²) in [7, 11) is 0. The summed E-state index contributed by atoms with van der Waals surface area (Å²) < 4.78 is 11.3. The fourth-order valence-corrected chi connectivity index (χ4v) is 3.20. The first kappa shape index (κ1) is 14.6. The van der Waals surface area contributed by atoms with Crippen LogP contribution in [0.1, 0.15) is 47.7 Å². The maximum Gasteiger partial charge on any atom is 0.312 e. The van der Waals surface area contributed by atoms with Gasteiger partial charge in [-0.15, -0.1) is 0 Å². The molecule has 0 radical (unpaired) electrons. The van der Waals surface area contributed by atoms with Crippen molar-refractivity contribution in [2.24, 2.45) is 0 Å². The van der Waals surface area contributed by atoms with Crippen molar-refractivity contribution in [3.05, 3.63) is 64.7 Å². The number of hydrogen-bond donors (Lipinski definition) is 0. The number of Topliss-reactive ketones (excluding diaryl/α,β-unsaturated/α-hetero) is 1. The van der Waals surface area contributed by atoms with Crippen LogP contribution in [-0.2, 0) is 4.79 Å². The molecule has 0 amide bonds. The van der Waals surface area contributed by atoms with Gasteiger partial charge in [-0.1, -0.05) is 0 Å². The van der Waals surface area contributed by atoms with Crippen LogP contribution in [0.5, 0.6) is 11.5 Å². The second-order valence-electron chi connectivity index (χ2n) is 6.13. The molecule has 5 nitrogen and oxygen atoms in total. The normalized spacial score (nSPS) is 18.6. The summed E-state index contributed by atoms with van der Waals surface area (Å²) in [5.74, 6) is 0.666. The first-order chi connectivity index (χ1) is 11.6. The second-order valence-corrected chi connectivity index (χ2v) is 6.13. The number of allylic oxidation sites excluding steroid dienone is 2. The van der Waals surface area contributed by atoms with Crippen molar-refractivity contribution in [2.45, 2.75) is 26.2 Å². The van der Waals surface area contributed by atoms with Gasteiger partial charge in [0.1, 0.15) is 11.5 Å². The van der Waals surface area contributed by atoms with Gasteiger partial charge in [0.2, 0.25) is 5.78 Å². The molecule has 0 saturated heterocycles. The van der Waals surface area contributed by atoms with Gasteiger partial charge in [0.05, 0.1) is 12.0 Å². The van der Waals surface area contributed by atoms with Crippen molar-refractivity contribution in [1.29, 1.82) is 0 Å². The molecule has 1 aromatic heterocycles. The molecule has 3 heterocycles. The van der Waals surface area contributed by atoms with Gasteiger partial charge >= 0.3 is 5.97 Å². The van der Waals surface area contributed by atoms with Crippen LogP contribution in [0.3, 0.4) is 0 Å². The number of carbonyl (C=O) groups is 2. The molecule has 0 saturated carbocycles. The summed E-state index contributed by atoms with van der Waals surface area (Å²) in [6.45, 7) is 3.68. The molecule has 5 heteroatoms. The number of nitrogens with zero attached hydrogens (tertiary/aromatic N) is 1. The van der Waals surface area contributed by atoms with Crippen molar-refractivity contribution in [3.63, 3.8) is 0 Å². The van der Waals surface area contributed by atoms with Crippen molar-refractivity contribution in [2.75, 3.05) is 0 Å². The van der Waals surface area contributed by atoms with Crippen molar-refractivity contribution >= 4 is 11.8 Å². The molecule has 0 aliphatic carbocycles. The smallest absolute Gasteiger partial charge is 0.312 e. The molecule has 1 aromatic carbocycles. The van der Waals surface area contributed by atoms with Crippen LogP contribution in [0.15, 0.2) is 48.0 Å². The minimum Gasteiger partial charge on any atom is -0.452 e. The summed E-state index contributed by atoms with van der Waals surface area (Å²) in [6.07, 6.45) is 3.58. The topological polar surface area (TPSA) is 65.5 Å². The first-order valence-electron chi connectivity index (χ1n) is 7.73. The minimum atomic E-state index is -0.295. The lowest BCUT2D eigenvalue weighted by atomic mass is 9.85. The molecule has 1 atom stereocenters. The van der Waals surface area contributed by atoms with Crippen LogP contribution < -0.4 is 9.47 Å². The number of benzene rings is 1. The van der Waals surface area contributed by atoms with Gasteiger partial charge in [-0.2, -0.15) is 0 Å². The summed E-state index contributed by atoms with van der Waals surface area (Å²) in [4.78, 5) is 28.5. The number of hydrogen-bond acceptors (Lipinski definition) is 5. The van der Waals surface area contributed by atoms with Gasteiger partial charge in [-0.05, 0) is 49.2 Å². The van der Waals surface area contributed by atoms with E-state index in [9.17, 15) is 9.59 Å². The third-order valence-electron chi connectivity index (χ3n) is 4.32. The number of carbonyl (C=O) groups excluding carboxylic acids is 2. The fourth-order valence-electron chi connectivity index (χ4n) is 3.20. The van der Waals surface area contributed by atoms with Crippen LogP contribution in [0.4, 0.5) is 0 Å². The van der Waals surface area contributed by atoms with E-state index in [1.54, 1.807) is 24.5 Å². The van der Waals surface area contributed by atoms with E-state index in [0.717, 1.165) is 16.7 Å². The summed E-state index contributed by atoms with van der Waals surface area (Å²) in [5.41, 5.74) is 3.03. The highest BCUT2D eigenvalue weighted by Gasteiger charge is 2.38. The molecular formula is C19H15NO4. The monoisotopic (exact) mass is 321 g/mol. The Hall–Kier alpha value is -2.95. The lowest BCUT2D eigenvalue weighted by Gasteiger charge is -2.26. The molecule has 0 N–H and O–H groups in total. The van der Waals surface area contributed by atoms with E-state index in [2.05, 4.69) is 4.98 Å². The molecule has 0 unspecified atom stereocenters. The van der Waals surface area contributed by atoms with Crippen LogP contribution in [0, 0.1) is 0 Å². The predicted molar refractivity (Wildman–Crippen MR) is 86.1 cm³/mol. The molecule has 120 valence electrons. The third kappa shape index (κ3) is 2.12. The minimum absolute atomic E-state index is 0.127. The van der Waals surface area contributed by atoms with E-state index >= 15 is 0 Å². The largest absolute Gasteiger partial charge is 0.452 e. The molecule has 0 fully saturated rings. The highest BCUT2D eigenvalue weighted by molar-refractivity contribution is 6.13. The molecule has 2 aliphatic heterocycles. The Morgan fingerprint density at radius 3 is 2.54 bits per heavy atom. The Bertz CT molecular complexity index is 895. The van der Waals surface area contributed by atoms with Gasteiger partial charge in [-0.25, -0.2) is 0 Å². The molecule has 4 rings (SSSR count). The molecular weight excluding hydrogens is 306 g/mol. The SMILES string of the molecule is CC(C)=C1Oc2c(ccc3c2[C@H](c2ccncc2)CC(=O)O3)C1=O. The van der Waals surface area contributed by atoms with E-state index in [4.69, 9.17) is 9.47 Å². The van der Waals surface area contributed by atoms with Gasteiger partial charge in [0, 0.05) is 23.9 Å². The average molecular weight is 321 g/mol. The summed E-state index contributed by atoms with van der Waals surface area (Å²) in [5, 5.41) is 0. The van der Waals surface area contributed by atoms with Gasteiger partial charge in [-0.3, -0.25) is 14.6 Å². The molecule has 2 aromatic rings. The first-order valence-corrected chi connectivity index (χ1v) is 7.73. The maximum atomic E-state index is 12.5. The van der Waals surface area contributed by atoms with Crippen LogP contribution in [-0.4, -0.2) is 16.7 Å². The Kier molecular flexibility index (Phi) is 3.23. The van der Waals surface area contributed by atoms with Crippen LogP contribution >= 0.6 is 0 Å². The van der Waals surface area contributed by atoms with Crippen molar-refractivity contribution in [1.82, 2.24) is 4.98 Å². The standard InChI is InChI=1S/C19H15NO4/c1-10(2)18-17(22)12-3-4-14-16(19(12)24-18)13(9-15(21)23-14)11-5-7-20-8-6-11/h3-8,13H,9H2,1-2H3/t13-/m0/s1. The van der Waals surface area contributed by atoms with Crippen LogP contribution in [0.25, 0.3) is 0 Å². The van der Waals surface area contributed by atoms with E-state index in [1.807, 2.05) is 26.0 Å². The number of rotatable bonds is 1. The summed E-state index contributed by atoms with van der Waals surface area (Å²) in [6, 6.07) is 7.07. The number of aromatic nitrogens is 1. The number of esters is 1. The lowest BCUT2D eigenvalue weighted by molar-refractivity contribution is -0.135. The lowest BCUT2D eigenvalue weighted by Crippen LogP contribution is -2.21. The molecule has 24 heavy (non-hydrogen) atoms. The number of pyridine rings is 1. The quantitative estimate of drug-likeness (QED) is 0.457. The predicted octanol–water partition coefficient (Wildman–Crippen LogP) is 3.39. The zero-order chi connectivity index (χ0) is 16.8. The average Bonchev–Trinajstić information content (AvgIpc) is 2.92. The number of ether oxygens (including phenoxy) is 2. The van der Waals surface area contributed by atoms with Gasteiger partial charge in [0.15, 0.2) is 5.76 Å². The Morgan fingerprint density at radius 2 is 1.83 bits per heavy atom. The van der Waals surface area contributed by atoms with Crippen molar-refractivity contribution < 1.29 is 19.1 Å². The maximum absolute atomic E-state index is 12.5. The number of ketones is 1. The van der Waals surface area contributed by atoms with E-state index < -0.39 is 0 Å².